The van der Waals surface area contributed by atoms with Crippen LogP contribution in [0.3, 0.4) is 0 Å². The predicted octanol–water partition coefficient (Wildman–Crippen LogP) is 5.84. The third kappa shape index (κ3) is 9.43. The average Bonchev–Trinajstić information content (AvgIpc) is 3.30. The Labute approximate surface area is 306 Å². The lowest BCUT2D eigenvalue weighted by Gasteiger charge is -2.27. The van der Waals surface area contributed by atoms with Gasteiger partial charge in [-0.1, -0.05) is 33.2 Å². The first kappa shape index (κ1) is 37.0. The Kier molecular flexibility index (Phi) is 13.4. The fourth-order valence-corrected chi connectivity index (χ4v) is 7.62. The number of rotatable bonds is 13. The van der Waals surface area contributed by atoms with Crippen molar-refractivity contribution in [2.45, 2.75) is 37.7 Å². The minimum atomic E-state index is -1.61. The number of benzene rings is 2. The topological polar surface area (TPSA) is 140 Å². The summed E-state index contributed by atoms with van der Waals surface area (Å²) in [7, 11) is 4.87. The van der Waals surface area contributed by atoms with E-state index < -0.39 is 17.8 Å². The largest absolute Gasteiger partial charge is 0.497 e. The van der Waals surface area contributed by atoms with E-state index in [1.165, 1.54) is 13.4 Å². The fraction of sp³-hybridized carbons (Fsp3) is 0.387. The minimum Gasteiger partial charge on any atom is -0.497 e. The second kappa shape index (κ2) is 17.0. The van der Waals surface area contributed by atoms with Gasteiger partial charge >= 0.3 is 11.8 Å². The molecule has 2 aliphatic rings. The highest BCUT2D eigenvalue weighted by Crippen LogP contribution is 2.41. The van der Waals surface area contributed by atoms with Crippen molar-refractivity contribution in [3.05, 3.63) is 77.5 Å². The average molecular weight is 910 g/mol. The molecule has 0 fully saturated rings. The highest BCUT2D eigenvalue weighted by atomic mass is 79.9. The summed E-state index contributed by atoms with van der Waals surface area (Å²) < 4.78 is 24.7. The third-order valence-electron chi connectivity index (χ3n) is 7.23. The maximum absolute atomic E-state index is 12.8. The van der Waals surface area contributed by atoms with E-state index in [0.717, 1.165) is 25.8 Å². The molecule has 2 atom stereocenters. The number of halogens is 4. The van der Waals surface area contributed by atoms with Crippen molar-refractivity contribution in [3.63, 3.8) is 0 Å². The zero-order valence-electron chi connectivity index (χ0n) is 25.8. The number of hydrogen-bond acceptors (Lipinski definition) is 9. The molecule has 4 rings (SSSR count). The molecule has 0 unspecified atom stereocenters. The Balaban J connectivity index is 1.19. The second-order valence-electron chi connectivity index (χ2n) is 10.5. The monoisotopic (exact) mass is 906 g/mol. The van der Waals surface area contributed by atoms with Gasteiger partial charge in [-0.3, -0.25) is 4.79 Å². The van der Waals surface area contributed by atoms with Crippen molar-refractivity contribution in [1.82, 2.24) is 15.5 Å². The molecule has 2 aromatic rings. The van der Waals surface area contributed by atoms with Crippen molar-refractivity contribution in [2.24, 2.45) is 5.16 Å². The van der Waals surface area contributed by atoms with Gasteiger partial charge in [-0.25, -0.2) is 4.79 Å². The SMILES string of the molecule is COC1=C(Br)C[C@@]2(OC=C1Br)ON=C(C(=O)NCCCOc1c(Br)cc(CCN(C)C(=O)NCc3ccc(OC)cc3)cc1Br)[C@H]2O. The zero-order valence-corrected chi connectivity index (χ0v) is 32.1. The number of carbonyl (C=O) groups is 2. The van der Waals surface area contributed by atoms with Gasteiger partial charge in [0, 0.05) is 31.2 Å². The molecule has 2 heterocycles. The van der Waals surface area contributed by atoms with Gasteiger partial charge in [0.25, 0.3) is 5.91 Å². The van der Waals surface area contributed by atoms with E-state index in [1.54, 1.807) is 19.1 Å². The highest BCUT2D eigenvalue weighted by Gasteiger charge is 2.54. The van der Waals surface area contributed by atoms with Gasteiger partial charge < -0.3 is 44.4 Å². The number of hydrogen-bond donors (Lipinski definition) is 3. The highest BCUT2D eigenvalue weighted by molar-refractivity contribution is 9.12. The van der Waals surface area contributed by atoms with Gasteiger partial charge in [0.2, 0.25) is 0 Å². The maximum atomic E-state index is 12.8. The maximum Gasteiger partial charge on any atom is 0.317 e. The molecular weight excluding hydrogens is 876 g/mol. The van der Waals surface area contributed by atoms with Crippen LogP contribution in [0.4, 0.5) is 4.79 Å². The zero-order chi connectivity index (χ0) is 34.1. The van der Waals surface area contributed by atoms with E-state index in [1.807, 2.05) is 36.4 Å². The normalized spacial score (nSPS) is 18.8. The first-order valence-corrected chi connectivity index (χ1v) is 17.6. The van der Waals surface area contributed by atoms with Crippen LogP contribution < -0.4 is 20.1 Å². The van der Waals surface area contributed by atoms with Crippen LogP contribution in [0.15, 0.2) is 71.5 Å². The number of nitrogens with one attached hydrogen (secondary N) is 2. The minimum absolute atomic E-state index is 0.0526. The van der Waals surface area contributed by atoms with Gasteiger partial charge in [0.05, 0.1) is 40.7 Å². The Morgan fingerprint density at radius 2 is 1.77 bits per heavy atom. The van der Waals surface area contributed by atoms with Crippen LogP contribution in [-0.4, -0.2) is 80.5 Å². The van der Waals surface area contributed by atoms with E-state index in [4.69, 9.17) is 23.8 Å². The molecule has 2 aliphatic heterocycles. The Hall–Kier alpha value is -2.79. The van der Waals surface area contributed by atoms with Crippen LogP contribution in [0.2, 0.25) is 0 Å². The summed E-state index contributed by atoms with van der Waals surface area (Å²) >= 11 is 13.9. The second-order valence-corrected chi connectivity index (χ2v) is 14.0. The molecule has 0 aliphatic carbocycles. The smallest absolute Gasteiger partial charge is 0.317 e. The number of aliphatic hydroxyl groups is 1. The van der Waals surface area contributed by atoms with E-state index in [2.05, 4.69) is 79.5 Å². The molecule has 1 spiro atoms. The van der Waals surface area contributed by atoms with Gasteiger partial charge in [-0.05, 0) is 96.0 Å². The summed E-state index contributed by atoms with van der Waals surface area (Å²) in [5.41, 5.74) is 1.79. The number of oxime groups is 1. The lowest BCUT2D eigenvalue weighted by molar-refractivity contribution is -0.225. The Bertz CT molecular complexity index is 1530. The van der Waals surface area contributed by atoms with E-state index in [0.29, 0.717) is 53.0 Å². The molecule has 254 valence electrons. The molecular formula is C31H34Br4N4O8. The number of methoxy groups -OCH3 is 2. The van der Waals surface area contributed by atoms with Crippen LogP contribution in [0, 0.1) is 0 Å². The molecule has 16 heteroatoms. The number of urea groups is 1. The Morgan fingerprint density at radius 1 is 1.06 bits per heavy atom. The van der Waals surface area contributed by atoms with Crippen molar-refractivity contribution < 1.29 is 38.5 Å². The summed E-state index contributed by atoms with van der Waals surface area (Å²) in [5.74, 6) is -0.336. The molecule has 47 heavy (non-hydrogen) atoms. The first-order valence-electron chi connectivity index (χ1n) is 14.4. The molecule has 0 radical (unpaired) electrons. The number of aliphatic hydroxyl groups excluding tert-OH is 1. The third-order valence-corrected chi connectivity index (χ3v) is 9.60. The van der Waals surface area contributed by atoms with Crippen LogP contribution in [0.5, 0.6) is 11.5 Å². The van der Waals surface area contributed by atoms with Crippen LogP contribution in [0.25, 0.3) is 0 Å². The number of nitrogens with zero attached hydrogens (tertiary/aromatic N) is 2. The van der Waals surface area contributed by atoms with Crippen LogP contribution in [-0.2, 0) is 32.1 Å². The summed E-state index contributed by atoms with van der Waals surface area (Å²) in [4.78, 5) is 32.4. The lowest BCUT2D eigenvalue weighted by Crippen LogP contribution is -2.49. The molecule has 0 saturated heterocycles. The molecule has 12 nitrogen and oxygen atoms in total. The molecule has 2 aromatic carbocycles. The quantitative estimate of drug-likeness (QED) is 0.213. The van der Waals surface area contributed by atoms with Gasteiger partial charge in [-0.2, -0.15) is 0 Å². The summed E-state index contributed by atoms with van der Waals surface area (Å²) in [5, 5.41) is 20.4. The summed E-state index contributed by atoms with van der Waals surface area (Å²) in [6.07, 6.45) is 1.05. The number of ether oxygens (including phenoxy) is 4. The number of allylic oxidation sites excluding steroid dienone is 1. The number of likely N-dealkylation sites (N-methyl/N-ethyl adjacent to an activating group) is 1. The van der Waals surface area contributed by atoms with Crippen LogP contribution in [0.1, 0.15) is 24.0 Å². The van der Waals surface area contributed by atoms with Crippen LogP contribution >= 0.6 is 63.7 Å². The molecule has 0 saturated carbocycles. The van der Waals surface area contributed by atoms with Gasteiger partial charge in [0.1, 0.15) is 23.5 Å². The van der Waals surface area contributed by atoms with E-state index in [9.17, 15) is 14.7 Å². The Morgan fingerprint density at radius 3 is 2.43 bits per heavy atom. The molecule has 3 N–H and O–H groups in total. The molecule has 0 bridgehead atoms. The van der Waals surface area contributed by atoms with E-state index >= 15 is 0 Å². The van der Waals surface area contributed by atoms with Gasteiger partial charge in [0.15, 0.2) is 11.8 Å². The van der Waals surface area contributed by atoms with E-state index in [-0.39, 0.29) is 24.7 Å². The van der Waals surface area contributed by atoms with Crippen molar-refractivity contribution in [3.8, 4) is 11.5 Å². The van der Waals surface area contributed by atoms with Crippen molar-refractivity contribution in [1.29, 1.82) is 0 Å². The predicted molar refractivity (Wildman–Crippen MR) is 189 cm³/mol. The molecule has 3 amide bonds. The van der Waals surface area contributed by atoms with Crippen molar-refractivity contribution >= 4 is 81.4 Å². The lowest BCUT2D eigenvalue weighted by atomic mass is 10.0. The van der Waals surface area contributed by atoms with Gasteiger partial charge in [-0.15, -0.1) is 0 Å². The molecule has 0 aromatic heterocycles. The summed E-state index contributed by atoms with van der Waals surface area (Å²) in [6, 6.07) is 11.3. The first-order chi connectivity index (χ1) is 22.5. The number of amides is 3. The number of carbonyl (C=O) groups excluding carboxylic acids is 2. The summed E-state index contributed by atoms with van der Waals surface area (Å²) in [6.45, 7) is 1.51. The standard InChI is InChI=1S/C31H34Br4N4O8/c1-39(30(42)37-16-18-5-7-20(43-2)8-6-18)11-9-19-13-21(32)27(22(33)14-19)45-12-4-10-36-29(41)25-28(40)31(47-38-25)15-23(34)26(44-3)24(35)17-46-31/h5-8,13-14,17,28,40H,4,9-12,15-16H2,1-3H3,(H,36,41)(H,37,42)/t28-,31-/m1/s1. The van der Waals surface area contributed by atoms with Crippen molar-refractivity contribution in [2.75, 3.05) is 41.0 Å². The fourth-order valence-electron chi connectivity index (χ4n) is 4.58.